The van der Waals surface area contributed by atoms with Crippen molar-refractivity contribution in [2.75, 3.05) is 27.9 Å². The van der Waals surface area contributed by atoms with Crippen molar-refractivity contribution >= 4 is 23.9 Å². The molecule has 0 radical (unpaired) electrons. The number of esters is 1. The van der Waals surface area contributed by atoms with Gasteiger partial charge in [-0.15, -0.1) is 0 Å². The fraction of sp³-hybridized carbons (Fsp3) is 0.190. The molecule has 2 N–H and O–H groups in total. The van der Waals surface area contributed by atoms with Crippen LogP contribution in [0.4, 0.5) is 0 Å². The molecule has 0 aliphatic carbocycles. The summed E-state index contributed by atoms with van der Waals surface area (Å²) < 4.78 is 26.4. The summed E-state index contributed by atoms with van der Waals surface area (Å²) in [6.07, 6.45) is 1.53. The predicted octanol–water partition coefficient (Wildman–Crippen LogP) is 1.92. The third kappa shape index (κ3) is 4.52. The van der Waals surface area contributed by atoms with E-state index in [1.54, 1.807) is 43.5 Å². The zero-order chi connectivity index (χ0) is 21.7. The van der Waals surface area contributed by atoms with Crippen LogP contribution in [0.15, 0.2) is 47.1 Å². The van der Waals surface area contributed by atoms with E-state index in [0.717, 1.165) is 0 Å². The standard InChI is InChI=1S/C21H20N2O7/c1-26-14-6-4-13(5-7-14)20-23-15(21(25)30-20)8-12-9-16(27-2)19(17(10-12)28-3)29-11-18(22)24/h4-10H,11H2,1-3H3,(H2,22,24)/b15-8-. The van der Waals surface area contributed by atoms with Crippen LogP contribution in [-0.2, 0) is 14.3 Å². The van der Waals surface area contributed by atoms with Gasteiger partial charge in [0.1, 0.15) is 5.75 Å². The monoisotopic (exact) mass is 412 g/mol. The molecule has 9 nitrogen and oxygen atoms in total. The van der Waals surface area contributed by atoms with E-state index in [2.05, 4.69) is 4.99 Å². The minimum absolute atomic E-state index is 0.107. The van der Waals surface area contributed by atoms with Crippen LogP contribution < -0.4 is 24.7 Å². The van der Waals surface area contributed by atoms with Crippen molar-refractivity contribution in [3.05, 3.63) is 53.2 Å². The number of hydrogen-bond donors (Lipinski definition) is 1. The van der Waals surface area contributed by atoms with Crippen molar-refractivity contribution < 1.29 is 33.3 Å². The van der Waals surface area contributed by atoms with E-state index in [9.17, 15) is 9.59 Å². The summed E-state index contributed by atoms with van der Waals surface area (Å²) in [7, 11) is 4.44. The molecule has 1 amide bonds. The highest BCUT2D eigenvalue weighted by Crippen LogP contribution is 2.39. The maximum Gasteiger partial charge on any atom is 0.363 e. The molecular formula is C21H20N2O7. The first kappa shape index (κ1) is 20.7. The van der Waals surface area contributed by atoms with Crippen LogP contribution >= 0.6 is 0 Å². The van der Waals surface area contributed by atoms with Crippen molar-refractivity contribution in [1.82, 2.24) is 0 Å². The van der Waals surface area contributed by atoms with Gasteiger partial charge in [0.15, 0.2) is 23.8 Å². The molecule has 2 aromatic rings. The van der Waals surface area contributed by atoms with Crippen molar-refractivity contribution in [3.8, 4) is 23.0 Å². The largest absolute Gasteiger partial charge is 0.497 e. The Kier molecular flexibility index (Phi) is 6.21. The van der Waals surface area contributed by atoms with Crippen LogP contribution in [0.25, 0.3) is 6.08 Å². The molecule has 0 atom stereocenters. The number of rotatable bonds is 8. The van der Waals surface area contributed by atoms with Crippen LogP contribution in [0, 0.1) is 0 Å². The van der Waals surface area contributed by atoms with E-state index in [4.69, 9.17) is 29.4 Å². The van der Waals surface area contributed by atoms with Crippen LogP contribution in [-0.4, -0.2) is 45.7 Å². The Morgan fingerprint density at radius 2 is 1.70 bits per heavy atom. The van der Waals surface area contributed by atoms with Crippen LogP contribution in [0.2, 0.25) is 0 Å². The summed E-state index contributed by atoms with van der Waals surface area (Å²) in [5, 5.41) is 0. The number of aliphatic imine (C=N–C) groups is 1. The lowest BCUT2D eigenvalue weighted by atomic mass is 10.1. The van der Waals surface area contributed by atoms with Gasteiger partial charge in [-0.1, -0.05) is 0 Å². The number of carbonyl (C=O) groups is 2. The number of nitrogens with zero attached hydrogens (tertiary/aromatic N) is 1. The van der Waals surface area contributed by atoms with Gasteiger partial charge in [0.05, 0.1) is 21.3 Å². The van der Waals surface area contributed by atoms with Crippen molar-refractivity contribution in [2.24, 2.45) is 10.7 Å². The van der Waals surface area contributed by atoms with Crippen molar-refractivity contribution in [1.29, 1.82) is 0 Å². The number of primary amides is 1. The first-order valence-corrected chi connectivity index (χ1v) is 8.79. The lowest BCUT2D eigenvalue weighted by molar-refractivity contribution is -0.130. The summed E-state index contributed by atoms with van der Waals surface area (Å²) in [6.45, 7) is -0.338. The number of amides is 1. The van der Waals surface area contributed by atoms with E-state index in [1.165, 1.54) is 20.3 Å². The Labute approximate surface area is 172 Å². The molecule has 0 fully saturated rings. The Morgan fingerprint density at radius 3 is 2.23 bits per heavy atom. The zero-order valence-corrected chi connectivity index (χ0v) is 16.6. The van der Waals surface area contributed by atoms with Crippen LogP contribution in [0.5, 0.6) is 23.0 Å². The van der Waals surface area contributed by atoms with Crippen LogP contribution in [0.1, 0.15) is 11.1 Å². The van der Waals surface area contributed by atoms with Gasteiger partial charge in [0.25, 0.3) is 5.91 Å². The molecule has 0 spiro atoms. The second kappa shape index (κ2) is 8.99. The minimum Gasteiger partial charge on any atom is -0.497 e. The topological polar surface area (TPSA) is 119 Å². The molecule has 0 saturated carbocycles. The molecule has 30 heavy (non-hydrogen) atoms. The Bertz CT molecular complexity index is 1000. The summed E-state index contributed by atoms with van der Waals surface area (Å²) in [4.78, 5) is 27.6. The van der Waals surface area contributed by atoms with Crippen molar-refractivity contribution in [3.63, 3.8) is 0 Å². The molecule has 1 aliphatic heterocycles. The van der Waals surface area contributed by atoms with Gasteiger partial charge in [-0.2, -0.15) is 0 Å². The average Bonchev–Trinajstić information content (AvgIpc) is 3.12. The van der Waals surface area contributed by atoms with Gasteiger partial charge in [-0.25, -0.2) is 9.79 Å². The normalized spacial score (nSPS) is 14.2. The number of benzene rings is 2. The van der Waals surface area contributed by atoms with E-state index in [1.807, 2.05) is 0 Å². The molecule has 0 unspecified atom stereocenters. The second-order valence-corrected chi connectivity index (χ2v) is 6.07. The maximum atomic E-state index is 12.3. The van der Waals surface area contributed by atoms with Crippen LogP contribution in [0.3, 0.4) is 0 Å². The van der Waals surface area contributed by atoms with E-state index in [-0.39, 0.29) is 24.0 Å². The molecule has 3 rings (SSSR count). The second-order valence-electron chi connectivity index (χ2n) is 6.07. The first-order valence-electron chi connectivity index (χ1n) is 8.79. The first-order chi connectivity index (χ1) is 14.4. The molecule has 0 aromatic heterocycles. The molecular weight excluding hydrogens is 392 g/mol. The summed E-state index contributed by atoms with van der Waals surface area (Å²) in [6, 6.07) is 10.2. The number of ether oxygens (including phenoxy) is 5. The smallest absolute Gasteiger partial charge is 0.363 e. The molecule has 156 valence electrons. The predicted molar refractivity (Wildman–Crippen MR) is 108 cm³/mol. The number of carbonyl (C=O) groups excluding carboxylic acids is 2. The Hall–Kier alpha value is -4.01. The van der Waals surface area contributed by atoms with Gasteiger partial charge in [0.2, 0.25) is 11.6 Å². The SMILES string of the molecule is COc1ccc(C2=N/C(=C\c3cc(OC)c(OCC(N)=O)c(OC)c3)C(=O)O2)cc1. The molecule has 1 heterocycles. The van der Waals surface area contributed by atoms with Gasteiger partial charge in [0, 0.05) is 5.56 Å². The highest BCUT2D eigenvalue weighted by molar-refractivity contribution is 6.12. The highest BCUT2D eigenvalue weighted by atomic mass is 16.6. The zero-order valence-electron chi connectivity index (χ0n) is 16.6. The van der Waals surface area contributed by atoms with Gasteiger partial charge in [-0.05, 0) is 48.0 Å². The number of methoxy groups -OCH3 is 3. The van der Waals surface area contributed by atoms with Gasteiger partial charge in [-0.3, -0.25) is 4.79 Å². The van der Waals surface area contributed by atoms with Gasteiger partial charge >= 0.3 is 5.97 Å². The third-order valence-corrected chi connectivity index (χ3v) is 4.10. The van der Waals surface area contributed by atoms with Crippen molar-refractivity contribution in [2.45, 2.75) is 0 Å². The number of hydrogen-bond acceptors (Lipinski definition) is 8. The summed E-state index contributed by atoms with van der Waals surface area (Å²) in [5.41, 5.74) is 6.43. The molecule has 1 aliphatic rings. The fourth-order valence-electron chi connectivity index (χ4n) is 2.69. The lowest BCUT2D eigenvalue weighted by Crippen LogP contribution is -2.20. The number of nitrogens with two attached hydrogens (primary N) is 1. The maximum absolute atomic E-state index is 12.3. The van der Waals surface area contributed by atoms with E-state index >= 15 is 0 Å². The fourth-order valence-corrected chi connectivity index (χ4v) is 2.69. The van der Waals surface area contributed by atoms with E-state index in [0.29, 0.717) is 28.4 Å². The van der Waals surface area contributed by atoms with E-state index < -0.39 is 11.9 Å². The molecule has 0 bridgehead atoms. The number of cyclic esters (lactones) is 1. The lowest BCUT2D eigenvalue weighted by Gasteiger charge is -2.14. The minimum atomic E-state index is -0.639. The molecule has 2 aromatic carbocycles. The summed E-state index contributed by atoms with van der Waals surface area (Å²) >= 11 is 0. The summed E-state index contributed by atoms with van der Waals surface area (Å²) in [5.74, 6) is 0.456. The Morgan fingerprint density at radius 1 is 1.07 bits per heavy atom. The third-order valence-electron chi connectivity index (χ3n) is 4.10. The Balaban J connectivity index is 1.93. The van der Waals surface area contributed by atoms with Gasteiger partial charge < -0.3 is 29.4 Å². The molecule has 9 heteroatoms. The average molecular weight is 412 g/mol. The quantitative estimate of drug-likeness (QED) is 0.520. The molecule has 0 saturated heterocycles. The highest BCUT2D eigenvalue weighted by Gasteiger charge is 2.25.